The van der Waals surface area contributed by atoms with E-state index in [1.165, 1.54) is 51.4 Å². The van der Waals surface area contributed by atoms with E-state index >= 15 is 0 Å². The summed E-state index contributed by atoms with van der Waals surface area (Å²) in [5.41, 5.74) is 0. The third kappa shape index (κ3) is 25.1. The molecule has 0 aliphatic heterocycles. The fraction of sp³-hybridized carbons (Fsp3) is 0.929. The van der Waals surface area contributed by atoms with Crippen molar-refractivity contribution in [1.29, 1.82) is 0 Å². The number of esters is 2. The van der Waals surface area contributed by atoms with Crippen LogP contribution in [-0.4, -0.2) is 75.9 Å². The fourth-order valence-corrected chi connectivity index (χ4v) is 4.70. The Morgan fingerprint density at radius 3 is 1.71 bits per heavy atom. The highest BCUT2D eigenvalue weighted by atomic mass is 32.3. The number of rotatable bonds is 26. The summed E-state index contributed by atoms with van der Waals surface area (Å²) >= 11 is 0. The maximum Gasteiger partial charge on any atom is 0.306 e. The number of likely N-dealkylation sites (N-methyl/N-ethyl adjacent to an activating group) is 1. The molecule has 0 aromatic rings. The van der Waals surface area contributed by atoms with Crippen LogP contribution in [0, 0.1) is 0 Å². The number of carbonyl (C=O) groups excluding carboxylic acids is 2. The van der Waals surface area contributed by atoms with Crippen LogP contribution in [0.1, 0.15) is 123 Å². The van der Waals surface area contributed by atoms with Gasteiger partial charge in [0.2, 0.25) is 10.4 Å². The van der Waals surface area contributed by atoms with Gasteiger partial charge in [0, 0.05) is 19.3 Å². The molecular formula is C28H55NO8S. The Morgan fingerprint density at radius 2 is 1.21 bits per heavy atom. The van der Waals surface area contributed by atoms with E-state index in [2.05, 4.69) is 18.0 Å². The topological polar surface area (TPSA) is 119 Å². The minimum absolute atomic E-state index is 0.00872. The van der Waals surface area contributed by atoms with Crippen LogP contribution in [0.25, 0.3) is 0 Å². The largest absolute Gasteiger partial charge is 0.726 e. The van der Waals surface area contributed by atoms with Crippen LogP contribution < -0.4 is 0 Å². The summed E-state index contributed by atoms with van der Waals surface area (Å²) in [6.45, 7) is 5.04. The SMILES string of the molecule is CCCCCCCCCC(=O)OCC(C[N+](C)(C)CCCOS(=O)(=O)[O-])OC(=O)CCCCCCCCC. The average Bonchev–Trinajstić information content (AvgIpc) is 2.83. The predicted molar refractivity (Wildman–Crippen MR) is 148 cm³/mol. The molecule has 0 saturated heterocycles. The molecule has 0 aliphatic rings. The van der Waals surface area contributed by atoms with Gasteiger partial charge in [0.15, 0.2) is 6.10 Å². The highest BCUT2D eigenvalue weighted by molar-refractivity contribution is 7.80. The van der Waals surface area contributed by atoms with Gasteiger partial charge in [-0.25, -0.2) is 8.42 Å². The Hall–Kier alpha value is -1.23. The zero-order valence-electron chi connectivity index (χ0n) is 24.5. The number of hydrogen-bond donors (Lipinski definition) is 0. The van der Waals surface area contributed by atoms with Gasteiger partial charge in [0.05, 0.1) is 27.2 Å². The Bertz CT molecular complexity index is 712. The maximum absolute atomic E-state index is 12.5. The first-order valence-corrected chi connectivity index (χ1v) is 16.1. The van der Waals surface area contributed by atoms with Crippen molar-refractivity contribution in [3.8, 4) is 0 Å². The molecule has 1 atom stereocenters. The molecule has 0 radical (unpaired) electrons. The summed E-state index contributed by atoms with van der Waals surface area (Å²) in [7, 11) is -0.905. The molecule has 9 nitrogen and oxygen atoms in total. The molecule has 0 heterocycles. The van der Waals surface area contributed by atoms with Gasteiger partial charge >= 0.3 is 11.9 Å². The van der Waals surface area contributed by atoms with Crippen molar-refractivity contribution in [2.75, 3.05) is 40.4 Å². The lowest BCUT2D eigenvalue weighted by Gasteiger charge is -2.33. The minimum Gasteiger partial charge on any atom is -0.726 e. The third-order valence-corrected chi connectivity index (χ3v) is 6.99. The maximum atomic E-state index is 12.5. The number of quaternary nitrogens is 1. The molecule has 1 unspecified atom stereocenters. The molecule has 0 spiro atoms. The van der Waals surface area contributed by atoms with Crippen LogP contribution in [0.2, 0.25) is 0 Å². The van der Waals surface area contributed by atoms with Crippen molar-refractivity contribution in [3.63, 3.8) is 0 Å². The smallest absolute Gasteiger partial charge is 0.306 e. The van der Waals surface area contributed by atoms with Gasteiger partial charge < -0.3 is 18.5 Å². The van der Waals surface area contributed by atoms with Crippen molar-refractivity contribution >= 4 is 22.3 Å². The second kappa shape index (κ2) is 22.6. The van der Waals surface area contributed by atoms with Gasteiger partial charge in [-0.15, -0.1) is 0 Å². The van der Waals surface area contributed by atoms with Crippen LogP contribution in [-0.2, 0) is 33.6 Å². The first kappa shape index (κ1) is 36.8. The third-order valence-electron chi connectivity index (χ3n) is 6.53. The summed E-state index contributed by atoms with van der Waals surface area (Å²) in [5, 5.41) is 0. The highest BCUT2D eigenvalue weighted by Crippen LogP contribution is 2.13. The van der Waals surface area contributed by atoms with E-state index in [9.17, 15) is 22.6 Å². The fourth-order valence-electron chi connectivity index (χ4n) is 4.38. The molecule has 10 heteroatoms. The predicted octanol–water partition coefficient (Wildman–Crippen LogP) is 5.67. The molecule has 0 aliphatic carbocycles. The normalized spacial score (nSPS) is 12.9. The van der Waals surface area contributed by atoms with Crippen LogP contribution in [0.3, 0.4) is 0 Å². The van der Waals surface area contributed by atoms with Gasteiger partial charge in [0.1, 0.15) is 13.2 Å². The molecule has 0 bridgehead atoms. The molecule has 0 aromatic heterocycles. The number of hydrogen-bond acceptors (Lipinski definition) is 8. The van der Waals surface area contributed by atoms with E-state index in [1.807, 2.05) is 14.1 Å². The van der Waals surface area contributed by atoms with E-state index in [0.29, 0.717) is 36.8 Å². The van der Waals surface area contributed by atoms with Crippen molar-refractivity contribution < 1.29 is 40.7 Å². The lowest BCUT2D eigenvalue weighted by atomic mass is 10.1. The van der Waals surface area contributed by atoms with Gasteiger partial charge in [-0.1, -0.05) is 90.9 Å². The van der Waals surface area contributed by atoms with Crippen LogP contribution in [0.5, 0.6) is 0 Å². The molecule has 0 N–H and O–H groups in total. The monoisotopic (exact) mass is 565 g/mol. The van der Waals surface area contributed by atoms with Crippen molar-refractivity contribution in [2.24, 2.45) is 0 Å². The zero-order valence-corrected chi connectivity index (χ0v) is 25.4. The van der Waals surface area contributed by atoms with Crippen LogP contribution in [0.4, 0.5) is 0 Å². The first-order chi connectivity index (χ1) is 18.0. The average molecular weight is 566 g/mol. The summed E-state index contributed by atoms with van der Waals surface area (Å²) in [6, 6.07) is 0. The van der Waals surface area contributed by atoms with Crippen LogP contribution in [0.15, 0.2) is 0 Å². The Morgan fingerprint density at radius 1 is 0.737 bits per heavy atom. The molecule has 0 aromatic carbocycles. The van der Waals surface area contributed by atoms with E-state index in [1.54, 1.807) is 0 Å². The minimum atomic E-state index is -4.72. The Kier molecular flexibility index (Phi) is 21.8. The molecule has 0 amide bonds. The summed E-state index contributed by atoms with van der Waals surface area (Å²) in [5.74, 6) is -0.585. The second-order valence-corrected chi connectivity index (χ2v) is 12.0. The van der Waals surface area contributed by atoms with Crippen molar-refractivity contribution in [2.45, 2.75) is 129 Å². The number of carbonyl (C=O) groups is 2. The summed E-state index contributed by atoms with van der Waals surface area (Å²) in [6.07, 6.45) is 15.9. The Labute approximate surface area is 232 Å². The summed E-state index contributed by atoms with van der Waals surface area (Å²) < 4.78 is 47.8. The molecule has 0 fully saturated rings. The molecule has 0 saturated carbocycles. The van der Waals surface area contributed by atoms with Gasteiger partial charge in [0.25, 0.3) is 0 Å². The lowest BCUT2D eigenvalue weighted by molar-refractivity contribution is -0.893. The number of ether oxygens (including phenoxy) is 2. The molecule has 38 heavy (non-hydrogen) atoms. The quantitative estimate of drug-likeness (QED) is 0.0433. The van der Waals surface area contributed by atoms with Gasteiger partial charge in [-0.05, 0) is 12.8 Å². The number of unbranched alkanes of at least 4 members (excludes halogenated alkanes) is 12. The van der Waals surface area contributed by atoms with Gasteiger partial charge in [-0.2, -0.15) is 0 Å². The standard InChI is InChI=1S/C28H55NO8S/c1-5-7-9-11-13-15-17-20-27(30)35-25-26(24-29(3,4)22-19-23-36-38(32,33)34)37-28(31)21-18-16-14-12-10-8-6-2/h26H,5-25H2,1-4H3. The lowest BCUT2D eigenvalue weighted by Crippen LogP contribution is -2.49. The first-order valence-electron chi connectivity index (χ1n) is 14.8. The summed E-state index contributed by atoms with van der Waals surface area (Å²) in [4.78, 5) is 24.8. The van der Waals surface area contributed by atoms with Crippen molar-refractivity contribution in [1.82, 2.24) is 0 Å². The molecule has 0 rings (SSSR count). The zero-order chi connectivity index (χ0) is 28.7. The van der Waals surface area contributed by atoms with Crippen molar-refractivity contribution in [3.05, 3.63) is 0 Å². The van der Waals surface area contributed by atoms with Gasteiger partial charge in [-0.3, -0.25) is 13.8 Å². The highest BCUT2D eigenvalue weighted by Gasteiger charge is 2.26. The van der Waals surface area contributed by atoms with E-state index in [4.69, 9.17) is 9.47 Å². The van der Waals surface area contributed by atoms with Crippen LogP contribution >= 0.6 is 0 Å². The van der Waals surface area contributed by atoms with E-state index in [-0.39, 0.29) is 25.2 Å². The molecular weight excluding hydrogens is 510 g/mol. The second-order valence-electron chi connectivity index (χ2n) is 11.0. The van der Waals surface area contributed by atoms with E-state index in [0.717, 1.165) is 38.5 Å². The van der Waals surface area contributed by atoms with E-state index < -0.39 is 16.5 Å². The molecule has 226 valence electrons. The number of nitrogens with zero attached hydrogens (tertiary/aromatic N) is 1. The Balaban J connectivity index is 4.62.